The zero-order valence-electron chi connectivity index (χ0n) is 10.7. The van der Waals surface area contributed by atoms with Crippen molar-refractivity contribution in [3.8, 4) is 0 Å². The van der Waals surface area contributed by atoms with Crippen LogP contribution in [0, 0.1) is 0 Å². The summed E-state index contributed by atoms with van der Waals surface area (Å²) in [4.78, 5) is 2.17. The Hall–Kier alpha value is -0.350. The Morgan fingerprint density at radius 3 is 2.50 bits per heavy atom. The number of rotatable bonds is 4. The van der Waals surface area contributed by atoms with Gasteiger partial charge in [-0.3, -0.25) is 4.90 Å². The topological polar surface area (TPSA) is 37.4 Å². The summed E-state index contributed by atoms with van der Waals surface area (Å²) in [5.74, 6) is 0. The Morgan fingerprint density at radius 2 is 2.00 bits per heavy atom. The molecular weight excluding hydrogens is 222 g/mol. The van der Waals surface area contributed by atoms with E-state index >= 15 is 0 Å². The van der Waals surface area contributed by atoms with Crippen molar-refractivity contribution in [2.24, 2.45) is 0 Å². The minimum atomic E-state index is -2.90. The van der Waals surface area contributed by atoms with E-state index in [1.807, 2.05) is 7.05 Å². The minimum absolute atomic E-state index is 0.164. The third kappa shape index (κ3) is 3.59. The standard InChI is InChI=1S/C12H23NO2S/c1-10(2)8-9-13(3)11-6-5-7-12(11)16(4,14)15/h8,11-12H,5-7,9H2,1-4H3/t11-,12-/m1/s1. The molecule has 1 aliphatic carbocycles. The van der Waals surface area contributed by atoms with Crippen molar-refractivity contribution in [2.45, 2.75) is 44.4 Å². The van der Waals surface area contributed by atoms with E-state index in [1.165, 1.54) is 11.8 Å². The van der Waals surface area contributed by atoms with E-state index in [0.717, 1.165) is 25.8 Å². The molecule has 1 fully saturated rings. The zero-order valence-corrected chi connectivity index (χ0v) is 11.5. The lowest BCUT2D eigenvalue weighted by atomic mass is 10.2. The third-order valence-electron chi connectivity index (χ3n) is 3.32. The first-order chi connectivity index (χ1) is 7.32. The van der Waals surface area contributed by atoms with Gasteiger partial charge in [-0.05, 0) is 33.7 Å². The second-order valence-electron chi connectivity index (χ2n) is 5.09. The van der Waals surface area contributed by atoms with Gasteiger partial charge in [0.2, 0.25) is 0 Å². The molecular formula is C12H23NO2S. The predicted octanol–water partition coefficient (Wildman–Crippen LogP) is 1.85. The third-order valence-corrected chi connectivity index (χ3v) is 4.97. The fourth-order valence-electron chi connectivity index (χ4n) is 2.37. The SMILES string of the molecule is CC(C)=CCN(C)[C@@H]1CCC[C@H]1S(C)(=O)=O. The molecule has 2 atom stereocenters. The van der Waals surface area contributed by atoms with Crippen molar-refractivity contribution >= 4 is 9.84 Å². The monoisotopic (exact) mass is 245 g/mol. The van der Waals surface area contributed by atoms with Gasteiger partial charge in [0.05, 0.1) is 5.25 Å². The highest BCUT2D eigenvalue weighted by atomic mass is 32.2. The van der Waals surface area contributed by atoms with Gasteiger partial charge in [0.25, 0.3) is 0 Å². The fourth-order valence-corrected chi connectivity index (χ4v) is 3.88. The molecule has 0 unspecified atom stereocenters. The summed E-state index contributed by atoms with van der Waals surface area (Å²) in [6.45, 7) is 4.98. The molecule has 0 saturated heterocycles. The van der Waals surface area contributed by atoms with Crippen molar-refractivity contribution in [2.75, 3.05) is 19.8 Å². The number of allylic oxidation sites excluding steroid dienone is 1. The average molecular weight is 245 g/mol. The molecule has 0 amide bonds. The van der Waals surface area contributed by atoms with Crippen LogP contribution in [0.15, 0.2) is 11.6 Å². The molecule has 0 aliphatic heterocycles. The summed E-state index contributed by atoms with van der Waals surface area (Å²) in [6.07, 6.45) is 6.37. The lowest BCUT2D eigenvalue weighted by Crippen LogP contribution is -2.41. The van der Waals surface area contributed by atoms with E-state index in [2.05, 4.69) is 24.8 Å². The number of hydrogen-bond acceptors (Lipinski definition) is 3. The van der Waals surface area contributed by atoms with Gasteiger partial charge in [-0.25, -0.2) is 8.42 Å². The van der Waals surface area contributed by atoms with E-state index in [0.29, 0.717) is 0 Å². The van der Waals surface area contributed by atoms with Crippen LogP contribution in [0.1, 0.15) is 33.1 Å². The molecule has 1 aliphatic rings. The maximum absolute atomic E-state index is 11.6. The molecule has 0 N–H and O–H groups in total. The molecule has 0 radical (unpaired) electrons. The molecule has 1 saturated carbocycles. The van der Waals surface area contributed by atoms with Crippen molar-refractivity contribution < 1.29 is 8.42 Å². The second-order valence-corrected chi connectivity index (χ2v) is 7.35. The maximum atomic E-state index is 11.6. The summed E-state index contributed by atoms with van der Waals surface area (Å²) < 4.78 is 23.3. The molecule has 94 valence electrons. The van der Waals surface area contributed by atoms with E-state index in [-0.39, 0.29) is 11.3 Å². The molecule has 0 aromatic heterocycles. The van der Waals surface area contributed by atoms with Crippen LogP contribution in [-0.4, -0.2) is 44.5 Å². The average Bonchev–Trinajstić information content (AvgIpc) is 2.61. The molecule has 1 rings (SSSR count). The van der Waals surface area contributed by atoms with Gasteiger partial charge in [0, 0.05) is 18.8 Å². The fraction of sp³-hybridized carbons (Fsp3) is 0.833. The normalized spacial score (nSPS) is 26.1. The lowest BCUT2D eigenvalue weighted by Gasteiger charge is -2.27. The summed E-state index contributed by atoms with van der Waals surface area (Å²) in [6, 6.07) is 0.200. The predicted molar refractivity (Wildman–Crippen MR) is 68.3 cm³/mol. The van der Waals surface area contributed by atoms with Gasteiger partial charge >= 0.3 is 0 Å². The molecule has 0 aromatic carbocycles. The van der Waals surface area contributed by atoms with Crippen molar-refractivity contribution in [3.63, 3.8) is 0 Å². The smallest absolute Gasteiger partial charge is 0.151 e. The van der Waals surface area contributed by atoms with Crippen LogP contribution in [0.2, 0.25) is 0 Å². The van der Waals surface area contributed by atoms with Crippen LogP contribution in [0.5, 0.6) is 0 Å². The first-order valence-electron chi connectivity index (χ1n) is 5.85. The number of nitrogens with zero attached hydrogens (tertiary/aromatic N) is 1. The van der Waals surface area contributed by atoms with Crippen LogP contribution < -0.4 is 0 Å². The van der Waals surface area contributed by atoms with Gasteiger partial charge in [-0.2, -0.15) is 0 Å². The van der Waals surface area contributed by atoms with Gasteiger partial charge in [0.1, 0.15) is 0 Å². The highest BCUT2D eigenvalue weighted by Crippen LogP contribution is 2.28. The van der Waals surface area contributed by atoms with Crippen molar-refractivity contribution in [1.82, 2.24) is 4.90 Å². The first kappa shape index (κ1) is 13.7. The van der Waals surface area contributed by atoms with E-state index in [4.69, 9.17) is 0 Å². The van der Waals surface area contributed by atoms with Crippen molar-refractivity contribution in [3.05, 3.63) is 11.6 Å². The van der Waals surface area contributed by atoms with Gasteiger partial charge in [-0.1, -0.05) is 18.1 Å². The zero-order chi connectivity index (χ0) is 12.3. The Bertz CT molecular complexity index is 355. The van der Waals surface area contributed by atoms with E-state index in [1.54, 1.807) is 0 Å². The maximum Gasteiger partial charge on any atom is 0.151 e. The quantitative estimate of drug-likeness (QED) is 0.709. The first-order valence-corrected chi connectivity index (χ1v) is 7.80. The number of likely N-dealkylation sites (N-methyl/N-ethyl adjacent to an activating group) is 1. The van der Waals surface area contributed by atoms with Crippen LogP contribution in [0.4, 0.5) is 0 Å². The lowest BCUT2D eigenvalue weighted by molar-refractivity contribution is 0.271. The van der Waals surface area contributed by atoms with Crippen LogP contribution in [0.25, 0.3) is 0 Å². The molecule has 3 nitrogen and oxygen atoms in total. The highest BCUT2D eigenvalue weighted by molar-refractivity contribution is 7.91. The van der Waals surface area contributed by atoms with Crippen LogP contribution in [-0.2, 0) is 9.84 Å². The minimum Gasteiger partial charge on any atom is -0.298 e. The summed E-state index contributed by atoms with van der Waals surface area (Å²) in [7, 11) is -0.876. The van der Waals surface area contributed by atoms with Crippen LogP contribution in [0.3, 0.4) is 0 Å². The molecule has 0 bridgehead atoms. The number of sulfone groups is 1. The second kappa shape index (κ2) is 5.32. The van der Waals surface area contributed by atoms with Crippen LogP contribution >= 0.6 is 0 Å². The molecule has 0 heterocycles. The summed E-state index contributed by atoms with van der Waals surface area (Å²) >= 11 is 0. The molecule has 4 heteroatoms. The van der Waals surface area contributed by atoms with Gasteiger partial charge < -0.3 is 0 Å². The molecule has 0 spiro atoms. The summed E-state index contributed by atoms with van der Waals surface area (Å²) in [5, 5.41) is -0.164. The Balaban J connectivity index is 2.68. The largest absolute Gasteiger partial charge is 0.298 e. The highest BCUT2D eigenvalue weighted by Gasteiger charge is 2.36. The van der Waals surface area contributed by atoms with Gasteiger partial charge in [0.15, 0.2) is 9.84 Å². The van der Waals surface area contributed by atoms with Crippen molar-refractivity contribution in [1.29, 1.82) is 0 Å². The van der Waals surface area contributed by atoms with E-state index in [9.17, 15) is 8.42 Å². The number of hydrogen-bond donors (Lipinski definition) is 0. The molecule has 16 heavy (non-hydrogen) atoms. The van der Waals surface area contributed by atoms with Gasteiger partial charge in [-0.15, -0.1) is 0 Å². The Kier molecular flexibility index (Phi) is 4.56. The van der Waals surface area contributed by atoms with E-state index < -0.39 is 9.84 Å². The molecule has 0 aromatic rings. The Morgan fingerprint density at radius 1 is 1.38 bits per heavy atom. The summed E-state index contributed by atoms with van der Waals surface area (Å²) in [5.41, 5.74) is 1.28. The Labute approximate surface area is 99.4 Å².